The topological polar surface area (TPSA) is 24.9 Å². The molecule has 0 radical (unpaired) electrons. The van der Waals surface area contributed by atoms with Crippen LogP contribution in [0.15, 0.2) is 60.8 Å². The fraction of sp³-hybridized carbons (Fsp3) is 0.261. The summed E-state index contributed by atoms with van der Waals surface area (Å²) in [5.41, 5.74) is 4.66. The average molecular weight is 328 g/mol. The lowest BCUT2D eigenvalue weighted by Gasteiger charge is -2.24. The highest BCUT2D eigenvalue weighted by molar-refractivity contribution is 5.97. The molecule has 3 aromatic rings. The molecule has 1 heterocycles. The van der Waals surface area contributed by atoms with Crippen molar-refractivity contribution < 1.29 is 0 Å². The van der Waals surface area contributed by atoms with Crippen molar-refractivity contribution in [1.29, 1.82) is 0 Å². The van der Waals surface area contributed by atoms with Crippen LogP contribution in [-0.2, 0) is 0 Å². The normalized spacial score (nSPS) is 15.7. The number of fused-ring (bicyclic) bond motifs is 1. The molecule has 2 nitrogen and oxygen atoms in total. The molecule has 0 aliphatic heterocycles. The lowest BCUT2D eigenvalue weighted by molar-refractivity contribution is 0.463. The number of nitrogens with one attached hydrogen (secondary N) is 1. The molecule has 1 N–H and O–H groups in total. The molecule has 0 spiro atoms. The first-order chi connectivity index (χ1) is 12.4. The van der Waals surface area contributed by atoms with Crippen molar-refractivity contribution in [2.24, 2.45) is 0 Å². The second-order valence-corrected chi connectivity index (χ2v) is 6.83. The molecule has 2 heteroatoms. The number of rotatable bonds is 4. The number of benzene rings is 2. The van der Waals surface area contributed by atoms with Gasteiger partial charge in [0.05, 0.1) is 11.2 Å². The lowest BCUT2D eigenvalue weighted by Crippen LogP contribution is -2.22. The quantitative estimate of drug-likeness (QED) is 0.581. The summed E-state index contributed by atoms with van der Waals surface area (Å²) < 4.78 is 0. The second-order valence-electron chi connectivity index (χ2n) is 6.83. The van der Waals surface area contributed by atoms with E-state index in [1.807, 2.05) is 18.3 Å². The summed E-state index contributed by atoms with van der Waals surface area (Å²) in [7, 11) is 0. The molecule has 1 fully saturated rings. The van der Waals surface area contributed by atoms with Crippen LogP contribution in [-0.4, -0.2) is 11.0 Å². The van der Waals surface area contributed by atoms with Crippen LogP contribution in [0, 0.1) is 0 Å². The average Bonchev–Trinajstić information content (AvgIpc) is 2.69. The largest absolute Gasteiger partial charge is 0.381 e. The van der Waals surface area contributed by atoms with Crippen molar-refractivity contribution >= 4 is 28.7 Å². The molecule has 1 aliphatic carbocycles. The molecule has 126 valence electrons. The number of aromatic nitrogens is 1. The summed E-state index contributed by atoms with van der Waals surface area (Å²) in [6.45, 7) is 0. The summed E-state index contributed by atoms with van der Waals surface area (Å²) in [5.74, 6) is 0. The van der Waals surface area contributed by atoms with E-state index in [9.17, 15) is 0 Å². The number of pyridine rings is 1. The van der Waals surface area contributed by atoms with Crippen molar-refractivity contribution in [1.82, 2.24) is 4.98 Å². The lowest BCUT2D eigenvalue weighted by atomic mass is 9.95. The highest BCUT2D eigenvalue weighted by Gasteiger charge is 2.14. The standard InChI is InChI=1S/C23H24N2/c1-3-8-18(9-4-1)13-14-19-15-16-22(23-21(19)12-7-17-24-23)25-20-10-5-2-6-11-20/h1,3-4,7-9,12-17,20,25H,2,5-6,10-11H2. The third kappa shape index (κ3) is 3.74. The molecule has 0 unspecified atom stereocenters. The molecule has 0 amide bonds. The monoisotopic (exact) mass is 328 g/mol. The second kappa shape index (κ2) is 7.52. The fourth-order valence-electron chi connectivity index (χ4n) is 3.67. The molecule has 1 aliphatic rings. The van der Waals surface area contributed by atoms with Gasteiger partial charge in [0.1, 0.15) is 0 Å². The molecule has 0 saturated heterocycles. The third-order valence-corrected chi connectivity index (χ3v) is 5.02. The Labute approximate surface area is 149 Å². The molecule has 0 bridgehead atoms. The molecule has 1 saturated carbocycles. The van der Waals surface area contributed by atoms with E-state index in [1.165, 1.54) is 54.3 Å². The van der Waals surface area contributed by atoms with Gasteiger partial charge in [0, 0.05) is 17.6 Å². The SMILES string of the molecule is C(=Cc1ccc(NC2CCCCC2)c2ncccc12)c1ccccc1. The summed E-state index contributed by atoms with van der Waals surface area (Å²) in [4.78, 5) is 4.67. The zero-order chi connectivity index (χ0) is 16.9. The van der Waals surface area contributed by atoms with E-state index < -0.39 is 0 Å². The van der Waals surface area contributed by atoms with Crippen LogP contribution in [0.4, 0.5) is 5.69 Å². The Morgan fingerprint density at radius 2 is 1.68 bits per heavy atom. The van der Waals surface area contributed by atoms with Gasteiger partial charge in [0.15, 0.2) is 0 Å². The van der Waals surface area contributed by atoms with Crippen molar-refractivity contribution in [2.45, 2.75) is 38.1 Å². The molecule has 25 heavy (non-hydrogen) atoms. The maximum atomic E-state index is 4.67. The molecule has 1 aromatic heterocycles. The molecular formula is C23H24N2. The Bertz CT molecular complexity index is 862. The fourth-order valence-corrected chi connectivity index (χ4v) is 3.67. The molecule has 2 aromatic carbocycles. The van der Waals surface area contributed by atoms with Crippen LogP contribution in [0.25, 0.3) is 23.1 Å². The van der Waals surface area contributed by atoms with E-state index in [-0.39, 0.29) is 0 Å². The summed E-state index contributed by atoms with van der Waals surface area (Å²) in [5, 5.41) is 4.94. The summed E-state index contributed by atoms with van der Waals surface area (Å²) in [6, 6.07) is 19.6. The molecular weight excluding hydrogens is 304 g/mol. The molecule has 0 atom stereocenters. The van der Waals surface area contributed by atoms with Crippen molar-refractivity contribution in [2.75, 3.05) is 5.32 Å². The minimum atomic E-state index is 0.588. The smallest absolute Gasteiger partial charge is 0.0939 e. The highest BCUT2D eigenvalue weighted by Crippen LogP contribution is 2.29. The third-order valence-electron chi connectivity index (χ3n) is 5.02. The van der Waals surface area contributed by atoms with E-state index >= 15 is 0 Å². The maximum absolute atomic E-state index is 4.67. The van der Waals surface area contributed by atoms with Crippen molar-refractivity contribution in [3.05, 3.63) is 71.9 Å². The zero-order valence-electron chi connectivity index (χ0n) is 14.5. The Kier molecular flexibility index (Phi) is 4.78. The van der Waals surface area contributed by atoms with Gasteiger partial charge in [-0.3, -0.25) is 4.98 Å². The van der Waals surface area contributed by atoms with Crippen LogP contribution in [0.3, 0.4) is 0 Å². The van der Waals surface area contributed by atoms with Crippen LogP contribution in [0.5, 0.6) is 0 Å². The number of hydrogen-bond donors (Lipinski definition) is 1. The predicted octanol–water partition coefficient (Wildman–Crippen LogP) is 6.15. The summed E-state index contributed by atoms with van der Waals surface area (Å²) >= 11 is 0. The van der Waals surface area contributed by atoms with Gasteiger partial charge in [0.2, 0.25) is 0 Å². The number of nitrogens with zero attached hydrogens (tertiary/aromatic N) is 1. The first kappa shape index (κ1) is 15.9. The van der Waals surface area contributed by atoms with E-state index in [4.69, 9.17) is 0 Å². The van der Waals surface area contributed by atoms with Crippen LogP contribution in [0.2, 0.25) is 0 Å². The van der Waals surface area contributed by atoms with Gasteiger partial charge in [-0.25, -0.2) is 0 Å². The number of hydrogen-bond acceptors (Lipinski definition) is 2. The Morgan fingerprint density at radius 1 is 0.840 bits per heavy atom. The van der Waals surface area contributed by atoms with Gasteiger partial charge in [0.25, 0.3) is 0 Å². The van der Waals surface area contributed by atoms with Gasteiger partial charge >= 0.3 is 0 Å². The minimum Gasteiger partial charge on any atom is -0.381 e. The first-order valence-corrected chi connectivity index (χ1v) is 9.27. The van der Waals surface area contributed by atoms with Gasteiger partial charge in [-0.05, 0) is 36.1 Å². The highest BCUT2D eigenvalue weighted by atomic mass is 14.9. The summed E-state index contributed by atoms with van der Waals surface area (Å²) in [6.07, 6.45) is 12.8. The molecule has 4 rings (SSSR count). The maximum Gasteiger partial charge on any atom is 0.0939 e. The van der Waals surface area contributed by atoms with Crippen LogP contribution < -0.4 is 5.32 Å². The van der Waals surface area contributed by atoms with E-state index in [2.05, 4.69) is 64.9 Å². The van der Waals surface area contributed by atoms with Gasteiger partial charge in [-0.1, -0.05) is 73.9 Å². The van der Waals surface area contributed by atoms with Gasteiger partial charge < -0.3 is 5.32 Å². The van der Waals surface area contributed by atoms with Gasteiger partial charge in [-0.15, -0.1) is 0 Å². The Balaban J connectivity index is 1.65. The van der Waals surface area contributed by atoms with Gasteiger partial charge in [-0.2, -0.15) is 0 Å². The predicted molar refractivity (Wildman–Crippen MR) is 108 cm³/mol. The first-order valence-electron chi connectivity index (χ1n) is 9.27. The van der Waals surface area contributed by atoms with E-state index in [0.717, 1.165) is 5.52 Å². The minimum absolute atomic E-state index is 0.588. The number of anilines is 1. The van der Waals surface area contributed by atoms with Crippen LogP contribution >= 0.6 is 0 Å². The van der Waals surface area contributed by atoms with E-state index in [0.29, 0.717) is 6.04 Å². The Morgan fingerprint density at radius 3 is 2.52 bits per heavy atom. The van der Waals surface area contributed by atoms with Crippen LogP contribution in [0.1, 0.15) is 43.2 Å². The van der Waals surface area contributed by atoms with Crippen molar-refractivity contribution in [3.63, 3.8) is 0 Å². The van der Waals surface area contributed by atoms with Crippen molar-refractivity contribution in [3.8, 4) is 0 Å². The van der Waals surface area contributed by atoms with E-state index in [1.54, 1.807) is 0 Å². The zero-order valence-corrected chi connectivity index (χ0v) is 14.5. The Hall–Kier alpha value is -2.61.